The van der Waals surface area contributed by atoms with E-state index in [1.807, 2.05) is 0 Å². The van der Waals surface area contributed by atoms with E-state index in [1.54, 1.807) is 6.92 Å². The maximum Gasteiger partial charge on any atom is 0.323 e. The summed E-state index contributed by atoms with van der Waals surface area (Å²) >= 11 is 0. The molecule has 0 aromatic carbocycles. The molecule has 0 fully saturated rings. The number of rotatable bonds is 11. The molecule has 0 aliphatic rings. The molecule has 2 atom stereocenters. The predicted molar refractivity (Wildman–Crippen MR) is 73.6 cm³/mol. The molecule has 108 valence electrons. The Labute approximate surface area is 111 Å². The summed E-state index contributed by atoms with van der Waals surface area (Å²) in [5, 5.41) is 8.86. The average molecular weight is 259 g/mol. The summed E-state index contributed by atoms with van der Waals surface area (Å²) in [4.78, 5) is 10.8. The van der Waals surface area contributed by atoms with Gasteiger partial charge in [0.1, 0.15) is 5.54 Å². The van der Waals surface area contributed by atoms with Crippen molar-refractivity contribution in [1.82, 2.24) is 0 Å². The maximum atomic E-state index is 10.8. The Hall–Kier alpha value is -0.610. The molecule has 0 heterocycles. The molecule has 0 bridgehead atoms. The van der Waals surface area contributed by atoms with Crippen molar-refractivity contribution in [1.29, 1.82) is 0 Å². The fourth-order valence-corrected chi connectivity index (χ4v) is 1.80. The lowest BCUT2D eigenvalue weighted by atomic mass is 9.98. The Morgan fingerprint density at radius 1 is 1.39 bits per heavy atom. The molecule has 0 spiro atoms. The summed E-state index contributed by atoms with van der Waals surface area (Å²) in [5.74, 6) is -0.314. The molecule has 18 heavy (non-hydrogen) atoms. The molecule has 3 N–H and O–H groups in total. The van der Waals surface area contributed by atoms with Crippen LogP contribution < -0.4 is 5.73 Å². The van der Waals surface area contributed by atoms with Crippen molar-refractivity contribution < 1.29 is 14.6 Å². The zero-order valence-electron chi connectivity index (χ0n) is 12.1. The Kier molecular flexibility index (Phi) is 9.02. The predicted octanol–water partition coefficient (Wildman–Crippen LogP) is 2.80. The first-order chi connectivity index (χ1) is 8.44. The molecule has 0 amide bonds. The quantitative estimate of drug-likeness (QED) is 0.560. The van der Waals surface area contributed by atoms with Gasteiger partial charge in [-0.2, -0.15) is 0 Å². The van der Waals surface area contributed by atoms with Crippen LogP contribution in [0.4, 0.5) is 0 Å². The minimum Gasteiger partial charge on any atom is -0.480 e. The highest BCUT2D eigenvalue weighted by molar-refractivity contribution is 5.77. The molecular formula is C14H29NO3. The van der Waals surface area contributed by atoms with Crippen LogP contribution in [0.2, 0.25) is 0 Å². The lowest BCUT2D eigenvalue weighted by Crippen LogP contribution is -2.44. The summed E-state index contributed by atoms with van der Waals surface area (Å²) in [6.45, 7) is 7.31. The summed E-state index contributed by atoms with van der Waals surface area (Å²) in [7, 11) is 0. The van der Waals surface area contributed by atoms with Crippen LogP contribution in [0.25, 0.3) is 0 Å². The van der Waals surface area contributed by atoms with Gasteiger partial charge in [-0.15, -0.1) is 0 Å². The minimum atomic E-state index is -1.13. The van der Waals surface area contributed by atoms with Crippen LogP contribution in [0, 0.1) is 5.92 Å². The molecule has 0 rings (SSSR count). The monoisotopic (exact) mass is 259 g/mol. The number of hydrogen-bond donors (Lipinski definition) is 2. The maximum absolute atomic E-state index is 10.8. The molecular weight excluding hydrogens is 230 g/mol. The molecule has 0 aliphatic carbocycles. The Balaban J connectivity index is 3.63. The van der Waals surface area contributed by atoms with Crippen molar-refractivity contribution in [2.24, 2.45) is 11.7 Å². The van der Waals surface area contributed by atoms with E-state index in [0.29, 0.717) is 25.4 Å². The van der Waals surface area contributed by atoms with Gasteiger partial charge in [-0.25, -0.2) is 0 Å². The fraction of sp³-hybridized carbons (Fsp3) is 0.929. The van der Waals surface area contributed by atoms with Gasteiger partial charge in [-0.1, -0.05) is 33.1 Å². The fourth-order valence-electron chi connectivity index (χ4n) is 1.80. The van der Waals surface area contributed by atoms with Gasteiger partial charge < -0.3 is 15.6 Å². The summed E-state index contributed by atoms with van der Waals surface area (Å²) in [6.07, 6.45) is 5.99. The average Bonchev–Trinajstić information content (AvgIpc) is 2.32. The van der Waals surface area contributed by atoms with Crippen molar-refractivity contribution in [3.05, 3.63) is 0 Å². The summed E-state index contributed by atoms with van der Waals surface area (Å²) in [5.41, 5.74) is 4.51. The number of carbonyl (C=O) groups is 1. The van der Waals surface area contributed by atoms with E-state index in [2.05, 4.69) is 13.8 Å². The molecule has 2 unspecified atom stereocenters. The second kappa shape index (κ2) is 9.34. The number of aliphatic carboxylic acids is 1. The van der Waals surface area contributed by atoms with Crippen molar-refractivity contribution in [2.45, 2.75) is 64.8 Å². The third-order valence-electron chi connectivity index (χ3n) is 3.37. The largest absolute Gasteiger partial charge is 0.480 e. The van der Waals surface area contributed by atoms with Gasteiger partial charge in [-0.3, -0.25) is 4.79 Å². The van der Waals surface area contributed by atoms with E-state index < -0.39 is 11.5 Å². The Morgan fingerprint density at radius 3 is 2.56 bits per heavy atom. The standard InChI is InChI=1S/C14H29NO3/c1-4-6-8-12(5-2)11-18-10-7-9-14(3,15)13(16)17/h12H,4-11,15H2,1-3H3,(H,16,17). The zero-order chi connectivity index (χ0) is 14.0. The van der Waals surface area contributed by atoms with Gasteiger partial charge in [0, 0.05) is 13.2 Å². The number of hydrogen-bond acceptors (Lipinski definition) is 3. The number of carboxylic acids is 1. The van der Waals surface area contributed by atoms with Gasteiger partial charge in [0.25, 0.3) is 0 Å². The van der Waals surface area contributed by atoms with E-state index in [9.17, 15) is 4.79 Å². The van der Waals surface area contributed by atoms with Crippen LogP contribution in [0.15, 0.2) is 0 Å². The highest BCUT2D eigenvalue weighted by atomic mass is 16.5. The normalized spacial score (nSPS) is 16.2. The summed E-state index contributed by atoms with van der Waals surface area (Å²) < 4.78 is 5.61. The van der Waals surface area contributed by atoms with Crippen molar-refractivity contribution >= 4 is 5.97 Å². The van der Waals surface area contributed by atoms with Gasteiger partial charge in [-0.05, 0) is 32.1 Å². The van der Waals surface area contributed by atoms with Gasteiger partial charge in [0.15, 0.2) is 0 Å². The van der Waals surface area contributed by atoms with Crippen LogP contribution in [0.3, 0.4) is 0 Å². The lowest BCUT2D eigenvalue weighted by molar-refractivity contribution is -0.143. The molecule has 4 heteroatoms. The van der Waals surface area contributed by atoms with E-state index in [1.165, 1.54) is 19.3 Å². The van der Waals surface area contributed by atoms with Crippen molar-refractivity contribution in [2.75, 3.05) is 13.2 Å². The SMILES string of the molecule is CCCCC(CC)COCCCC(C)(N)C(=O)O. The van der Waals surface area contributed by atoms with Crippen LogP contribution in [-0.4, -0.2) is 29.8 Å². The number of nitrogens with two attached hydrogens (primary N) is 1. The van der Waals surface area contributed by atoms with Gasteiger partial charge >= 0.3 is 5.97 Å². The Morgan fingerprint density at radius 2 is 2.06 bits per heavy atom. The highest BCUT2D eigenvalue weighted by Crippen LogP contribution is 2.14. The summed E-state index contributed by atoms with van der Waals surface area (Å²) in [6, 6.07) is 0. The minimum absolute atomic E-state index is 0.452. The second-order valence-electron chi connectivity index (χ2n) is 5.32. The lowest BCUT2D eigenvalue weighted by Gasteiger charge is -2.19. The van der Waals surface area contributed by atoms with Crippen molar-refractivity contribution in [3.63, 3.8) is 0 Å². The molecule has 0 aliphatic heterocycles. The van der Waals surface area contributed by atoms with Crippen LogP contribution in [-0.2, 0) is 9.53 Å². The smallest absolute Gasteiger partial charge is 0.323 e. The Bertz CT molecular complexity index is 229. The first-order valence-corrected chi connectivity index (χ1v) is 7.04. The molecule has 0 aromatic rings. The number of unbranched alkanes of at least 4 members (excludes halogenated alkanes) is 1. The van der Waals surface area contributed by atoms with Crippen LogP contribution >= 0.6 is 0 Å². The van der Waals surface area contributed by atoms with Gasteiger partial charge in [0.2, 0.25) is 0 Å². The third-order valence-corrected chi connectivity index (χ3v) is 3.37. The topological polar surface area (TPSA) is 72.5 Å². The molecule has 0 aromatic heterocycles. The third kappa shape index (κ3) is 7.67. The zero-order valence-corrected chi connectivity index (χ0v) is 12.1. The van der Waals surface area contributed by atoms with E-state index in [-0.39, 0.29) is 0 Å². The second-order valence-corrected chi connectivity index (χ2v) is 5.32. The van der Waals surface area contributed by atoms with Crippen LogP contribution in [0.5, 0.6) is 0 Å². The van der Waals surface area contributed by atoms with Gasteiger partial charge in [0.05, 0.1) is 0 Å². The van der Waals surface area contributed by atoms with Crippen molar-refractivity contribution in [3.8, 4) is 0 Å². The van der Waals surface area contributed by atoms with E-state index >= 15 is 0 Å². The molecule has 0 saturated carbocycles. The molecule has 0 saturated heterocycles. The van der Waals surface area contributed by atoms with E-state index in [0.717, 1.165) is 13.0 Å². The highest BCUT2D eigenvalue weighted by Gasteiger charge is 2.26. The molecule has 0 radical (unpaired) electrons. The number of carboxylic acid groups (broad SMARTS) is 1. The molecule has 4 nitrogen and oxygen atoms in total. The van der Waals surface area contributed by atoms with E-state index in [4.69, 9.17) is 15.6 Å². The van der Waals surface area contributed by atoms with Crippen LogP contribution in [0.1, 0.15) is 59.3 Å². The first kappa shape index (κ1) is 17.4. The first-order valence-electron chi connectivity index (χ1n) is 7.04. The number of ether oxygens (including phenoxy) is 1.